The molecule has 1 aliphatic rings. The first kappa shape index (κ1) is 11.5. The summed E-state index contributed by atoms with van der Waals surface area (Å²) in [7, 11) is 0. The Kier molecular flexibility index (Phi) is 4.92. The zero-order valence-corrected chi connectivity index (χ0v) is 9.46. The zero-order valence-electron chi connectivity index (χ0n) is 9.46. The van der Waals surface area contributed by atoms with Crippen LogP contribution in [-0.4, -0.2) is 5.78 Å². The van der Waals surface area contributed by atoms with Crippen LogP contribution < -0.4 is 0 Å². The van der Waals surface area contributed by atoms with Gasteiger partial charge in [0.1, 0.15) is 0 Å². The molecule has 0 amide bonds. The van der Waals surface area contributed by atoms with E-state index in [-0.39, 0.29) is 0 Å². The van der Waals surface area contributed by atoms with E-state index in [0.29, 0.717) is 24.0 Å². The molecule has 1 rings (SSSR count). The van der Waals surface area contributed by atoms with Crippen LogP contribution in [0.5, 0.6) is 0 Å². The molecule has 80 valence electrons. The first-order chi connectivity index (χ1) is 6.68. The lowest BCUT2D eigenvalue weighted by Crippen LogP contribution is -2.04. The molecule has 0 aromatic rings. The van der Waals surface area contributed by atoms with Crippen molar-refractivity contribution < 1.29 is 4.79 Å². The van der Waals surface area contributed by atoms with E-state index in [9.17, 15) is 4.79 Å². The molecule has 0 unspecified atom stereocenters. The number of allylic oxidation sites excluding steroid dienone is 2. The Balaban J connectivity index is 2.27. The summed E-state index contributed by atoms with van der Waals surface area (Å²) in [6, 6.07) is 0. The van der Waals surface area contributed by atoms with Crippen molar-refractivity contribution in [1.29, 1.82) is 0 Å². The monoisotopic (exact) mass is 194 g/mol. The molecule has 14 heavy (non-hydrogen) atoms. The van der Waals surface area contributed by atoms with Gasteiger partial charge < -0.3 is 0 Å². The molecule has 0 saturated heterocycles. The van der Waals surface area contributed by atoms with E-state index >= 15 is 0 Å². The normalized spacial score (nSPS) is 19.4. The molecular weight excluding hydrogens is 172 g/mol. The number of carbonyl (C=O) groups excluding carboxylic acids is 1. The fourth-order valence-corrected chi connectivity index (χ4v) is 2.04. The lowest BCUT2D eigenvalue weighted by atomic mass is 9.89. The topological polar surface area (TPSA) is 17.1 Å². The summed E-state index contributed by atoms with van der Waals surface area (Å²) in [5.41, 5.74) is 0. The van der Waals surface area contributed by atoms with E-state index < -0.39 is 0 Å². The van der Waals surface area contributed by atoms with Crippen molar-refractivity contribution in [3.05, 3.63) is 12.2 Å². The SMILES string of the molecule is CC(C)CC(=O)/C=C/C1CCCCC1. The Morgan fingerprint density at radius 3 is 2.50 bits per heavy atom. The van der Waals surface area contributed by atoms with Crippen LogP contribution in [0.25, 0.3) is 0 Å². The Morgan fingerprint density at radius 1 is 1.29 bits per heavy atom. The van der Waals surface area contributed by atoms with E-state index in [1.807, 2.05) is 6.08 Å². The van der Waals surface area contributed by atoms with Crippen LogP contribution in [0.2, 0.25) is 0 Å². The fraction of sp³-hybridized carbons (Fsp3) is 0.769. The van der Waals surface area contributed by atoms with E-state index in [1.54, 1.807) is 0 Å². The minimum absolute atomic E-state index is 0.297. The smallest absolute Gasteiger partial charge is 0.155 e. The van der Waals surface area contributed by atoms with Crippen molar-refractivity contribution in [3.8, 4) is 0 Å². The predicted octanol–water partition coefficient (Wildman–Crippen LogP) is 3.74. The van der Waals surface area contributed by atoms with Crippen LogP contribution in [0.1, 0.15) is 52.4 Å². The molecule has 1 aliphatic carbocycles. The third-order valence-corrected chi connectivity index (χ3v) is 2.81. The molecule has 0 atom stereocenters. The third kappa shape index (κ3) is 4.59. The summed E-state index contributed by atoms with van der Waals surface area (Å²) in [6.07, 6.45) is 11.3. The minimum atomic E-state index is 0.297. The van der Waals surface area contributed by atoms with Crippen molar-refractivity contribution in [1.82, 2.24) is 0 Å². The highest BCUT2D eigenvalue weighted by Crippen LogP contribution is 2.24. The highest BCUT2D eigenvalue weighted by molar-refractivity contribution is 5.89. The highest BCUT2D eigenvalue weighted by atomic mass is 16.1. The zero-order chi connectivity index (χ0) is 10.4. The van der Waals surface area contributed by atoms with Crippen molar-refractivity contribution in [2.75, 3.05) is 0 Å². The average molecular weight is 194 g/mol. The van der Waals surface area contributed by atoms with Crippen LogP contribution in [-0.2, 0) is 4.79 Å². The van der Waals surface area contributed by atoms with Gasteiger partial charge in [0.15, 0.2) is 5.78 Å². The molecule has 0 N–H and O–H groups in total. The lowest BCUT2D eigenvalue weighted by Gasteiger charge is -2.17. The van der Waals surface area contributed by atoms with E-state index in [1.165, 1.54) is 32.1 Å². The molecule has 0 spiro atoms. The molecule has 0 bridgehead atoms. The Bertz CT molecular complexity index is 197. The van der Waals surface area contributed by atoms with Gasteiger partial charge in [0, 0.05) is 6.42 Å². The summed E-state index contributed by atoms with van der Waals surface area (Å²) in [5.74, 6) is 1.46. The standard InChI is InChI=1S/C13H22O/c1-11(2)10-13(14)9-8-12-6-4-3-5-7-12/h8-9,11-12H,3-7,10H2,1-2H3/b9-8+. The Hall–Kier alpha value is -0.590. The predicted molar refractivity (Wildman–Crippen MR) is 60.2 cm³/mol. The molecule has 1 heteroatoms. The average Bonchev–Trinajstić information content (AvgIpc) is 2.15. The van der Waals surface area contributed by atoms with Gasteiger partial charge in [0.2, 0.25) is 0 Å². The van der Waals surface area contributed by atoms with Gasteiger partial charge in [-0.05, 0) is 30.8 Å². The summed E-state index contributed by atoms with van der Waals surface area (Å²) < 4.78 is 0. The minimum Gasteiger partial charge on any atom is -0.295 e. The molecule has 1 fully saturated rings. The summed E-state index contributed by atoms with van der Waals surface area (Å²) in [4.78, 5) is 11.4. The maximum absolute atomic E-state index is 11.4. The van der Waals surface area contributed by atoms with E-state index in [0.717, 1.165) is 0 Å². The summed E-state index contributed by atoms with van der Waals surface area (Å²) in [6.45, 7) is 4.18. The largest absolute Gasteiger partial charge is 0.295 e. The van der Waals surface area contributed by atoms with Gasteiger partial charge in [-0.15, -0.1) is 0 Å². The molecule has 0 aromatic heterocycles. The molecule has 0 heterocycles. The summed E-state index contributed by atoms with van der Waals surface area (Å²) in [5, 5.41) is 0. The van der Waals surface area contributed by atoms with Crippen LogP contribution in [0.15, 0.2) is 12.2 Å². The number of rotatable bonds is 4. The molecule has 1 nitrogen and oxygen atoms in total. The van der Waals surface area contributed by atoms with Crippen molar-refractivity contribution >= 4 is 5.78 Å². The van der Waals surface area contributed by atoms with Crippen molar-refractivity contribution in [2.24, 2.45) is 11.8 Å². The second-order valence-electron chi connectivity index (χ2n) is 4.82. The fourth-order valence-electron chi connectivity index (χ4n) is 2.04. The van der Waals surface area contributed by atoms with Gasteiger partial charge in [-0.3, -0.25) is 4.79 Å². The number of ketones is 1. The van der Waals surface area contributed by atoms with Gasteiger partial charge in [-0.25, -0.2) is 0 Å². The van der Waals surface area contributed by atoms with Crippen LogP contribution in [0.3, 0.4) is 0 Å². The highest BCUT2D eigenvalue weighted by Gasteiger charge is 2.10. The van der Waals surface area contributed by atoms with Crippen LogP contribution >= 0.6 is 0 Å². The van der Waals surface area contributed by atoms with Gasteiger partial charge in [0.25, 0.3) is 0 Å². The number of hydrogen-bond donors (Lipinski definition) is 0. The van der Waals surface area contributed by atoms with Gasteiger partial charge in [0.05, 0.1) is 0 Å². The summed E-state index contributed by atoms with van der Waals surface area (Å²) >= 11 is 0. The first-order valence-electron chi connectivity index (χ1n) is 5.89. The van der Waals surface area contributed by atoms with Crippen molar-refractivity contribution in [3.63, 3.8) is 0 Å². The molecule has 0 radical (unpaired) electrons. The van der Waals surface area contributed by atoms with Gasteiger partial charge in [-0.1, -0.05) is 39.2 Å². The molecule has 0 aliphatic heterocycles. The molecular formula is C13H22O. The maximum Gasteiger partial charge on any atom is 0.155 e. The van der Waals surface area contributed by atoms with E-state index in [4.69, 9.17) is 0 Å². The second-order valence-corrected chi connectivity index (χ2v) is 4.82. The number of carbonyl (C=O) groups is 1. The maximum atomic E-state index is 11.4. The molecule has 1 saturated carbocycles. The Morgan fingerprint density at radius 2 is 1.93 bits per heavy atom. The first-order valence-corrected chi connectivity index (χ1v) is 5.89. The molecule has 0 aromatic carbocycles. The van der Waals surface area contributed by atoms with Crippen LogP contribution in [0, 0.1) is 11.8 Å². The van der Waals surface area contributed by atoms with Crippen LogP contribution in [0.4, 0.5) is 0 Å². The third-order valence-electron chi connectivity index (χ3n) is 2.81. The Labute approximate surface area is 87.6 Å². The number of hydrogen-bond acceptors (Lipinski definition) is 1. The van der Waals surface area contributed by atoms with E-state index in [2.05, 4.69) is 19.9 Å². The van der Waals surface area contributed by atoms with Gasteiger partial charge in [-0.2, -0.15) is 0 Å². The van der Waals surface area contributed by atoms with Crippen molar-refractivity contribution in [2.45, 2.75) is 52.4 Å². The second kappa shape index (κ2) is 6.00. The lowest BCUT2D eigenvalue weighted by molar-refractivity contribution is -0.115. The quantitative estimate of drug-likeness (QED) is 0.623. The van der Waals surface area contributed by atoms with Gasteiger partial charge >= 0.3 is 0 Å².